The largest absolute Gasteiger partial charge is 0.494 e. The molecular formula is C37H42N2O4. The van der Waals surface area contributed by atoms with E-state index in [1.165, 1.54) is 18.4 Å². The Morgan fingerprint density at radius 3 is 2.21 bits per heavy atom. The van der Waals surface area contributed by atoms with Crippen LogP contribution >= 0.6 is 0 Å². The van der Waals surface area contributed by atoms with Gasteiger partial charge in [0.15, 0.2) is 5.78 Å². The van der Waals surface area contributed by atoms with Crippen LogP contribution in [0.4, 0.5) is 11.4 Å². The Kier molecular flexibility index (Phi) is 11.4. The van der Waals surface area contributed by atoms with Gasteiger partial charge >= 0.3 is 5.97 Å². The van der Waals surface area contributed by atoms with Crippen LogP contribution in [0.15, 0.2) is 103 Å². The number of nitrogens with one attached hydrogen (secondary N) is 1. The Balaban J connectivity index is 1.36. The van der Waals surface area contributed by atoms with Gasteiger partial charge in [0.05, 0.1) is 13.7 Å². The standard InChI is InChI=1S/C37H42N2O4/c1-27(2)26-39(35-18-11-8-13-28(35)3)23-12-24-43-31-21-19-29(20-22-31)25-34(37(41)42-4)38-33-17-10-9-16-32(33)36(40)30-14-6-5-7-15-30/h5-11,13-22,27,34,38H,12,23-26H2,1-4H3/t34-/m0/s1. The van der Waals surface area contributed by atoms with Crippen LogP contribution in [-0.2, 0) is 16.0 Å². The average Bonchev–Trinajstić information content (AvgIpc) is 3.03. The fourth-order valence-electron chi connectivity index (χ4n) is 5.15. The monoisotopic (exact) mass is 578 g/mol. The molecule has 1 N–H and O–H groups in total. The second-order valence-corrected chi connectivity index (χ2v) is 11.1. The average molecular weight is 579 g/mol. The molecule has 0 amide bonds. The Hall–Kier alpha value is -4.58. The Bertz CT molecular complexity index is 1470. The van der Waals surface area contributed by atoms with E-state index in [4.69, 9.17) is 9.47 Å². The van der Waals surface area contributed by atoms with Crippen molar-refractivity contribution >= 4 is 23.1 Å². The molecule has 0 aliphatic carbocycles. The maximum absolute atomic E-state index is 13.2. The molecule has 0 bridgehead atoms. The van der Waals surface area contributed by atoms with Crippen LogP contribution in [0, 0.1) is 12.8 Å². The predicted molar refractivity (Wildman–Crippen MR) is 174 cm³/mol. The highest BCUT2D eigenvalue weighted by molar-refractivity contribution is 6.12. The summed E-state index contributed by atoms with van der Waals surface area (Å²) in [6, 6.07) is 32.0. The zero-order valence-corrected chi connectivity index (χ0v) is 25.6. The molecule has 0 saturated heterocycles. The van der Waals surface area contributed by atoms with Gasteiger partial charge in [-0.25, -0.2) is 4.79 Å². The molecule has 224 valence electrons. The molecule has 4 aromatic rings. The first-order chi connectivity index (χ1) is 20.9. The number of methoxy groups -OCH3 is 1. The zero-order chi connectivity index (χ0) is 30.6. The van der Waals surface area contributed by atoms with Crippen molar-refractivity contribution in [2.75, 3.05) is 37.0 Å². The molecule has 4 aromatic carbocycles. The summed E-state index contributed by atoms with van der Waals surface area (Å²) in [7, 11) is 1.37. The summed E-state index contributed by atoms with van der Waals surface area (Å²) in [6.07, 6.45) is 1.29. The molecule has 0 unspecified atom stereocenters. The van der Waals surface area contributed by atoms with Gasteiger partial charge in [0.2, 0.25) is 0 Å². The van der Waals surface area contributed by atoms with E-state index >= 15 is 0 Å². The molecule has 0 fully saturated rings. The number of ketones is 1. The van der Waals surface area contributed by atoms with Gasteiger partial charge < -0.3 is 19.7 Å². The first-order valence-electron chi connectivity index (χ1n) is 14.9. The molecule has 6 nitrogen and oxygen atoms in total. The van der Waals surface area contributed by atoms with Gasteiger partial charge in [-0.1, -0.05) is 86.6 Å². The molecule has 43 heavy (non-hydrogen) atoms. The third kappa shape index (κ3) is 8.95. The van der Waals surface area contributed by atoms with E-state index < -0.39 is 12.0 Å². The SMILES string of the molecule is COC(=O)[C@H](Cc1ccc(OCCCN(CC(C)C)c2ccccc2C)cc1)Nc1ccccc1C(=O)c1ccccc1. The summed E-state index contributed by atoms with van der Waals surface area (Å²) >= 11 is 0. The lowest BCUT2D eigenvalue weighted by molar-refractivity contribution is -0.141. The summed E-state index contributed by atoms with van der Waals surface area (Å²) in [4.78, 5) is 28.4. The summed E-state index contributed by atoms with van der Waals surface area (Å²) in [5.74, 6) is 0.840. The van der Waals surface area contributed by atoms with Crippen LogP contribution in [0.3, 0.4) is 0 Å². The van der Waals surface area contributed by atoms with Gasteiger partial charge in [-0.05, 0) is 60.7 Å². The first kappa shape index (κ1) is 31.4. The lowest BCUT2D eigenvalue weighted by Gasteiger charge is -2.28. The van der Waals surface area contributed by atoms with Crippen molar-refractivity contribution < 1.29 is 19.1 Å². The number of carbonyl (C=O) groups excluding carboxylic acids is 2. The van der Waals surface area contributed by atoms with Crippen molar-refractivity contribution in [2.24, 2.45) is 5.92 Å². The number of esters is 1. The molecule has 0 aliphatic heterocycles. The Morgan fingerprint density at radius 2 is 1.51 bits per heavy atom. The highest BCUT2D eigenvalue weighted by Gasteiger charge is 2.22. The van der Waals surface area contributed by atoms with Gasteiger partial charge in [-0.15, -0.1) is 0 Å². The lowest BCUT2D eigenvalue weighted by Crippen LogP contribution is -2.33. The molecule has 4 rings (SSSR count). The minimum absolute atomic E-state index is 0.111. The van der Waals surface area contributed by atoms with Crippen molar-refractivity contribution in [1.29, 1.82) is 0 Å². The van der Waals surface area contributed by atoms with E-state index in [0.29, 0.717) is 35.8 Å². The molecule has 0 radical (unpaired) electrons. The van der Waals surface area contributed by atoms with E-state index in [1.54, 1.807) is 18.2 Å². The van der Waals surface area contributed by atoms with Crippen LogP contribution in [0.2, 0.25) is 0 Å². The number of carbonyl (C=O) groups is 2. The molecule has 0 saturated carbocycles. The topological polar surface area (TPSA) is 67.9 Å². The molecule has 6 heteroatoms. The van der Waals surface area contributed by atoms with Crippen LogP contribution < -0.4 is 15.0 Å². The smallest absolute Gasteiger partial charge is 0.328 e. The van der Waals surface area contributed by atoms with Gasteiger partial charge in [0.1, 0.15) is 11.8 Å². The molecule has 0 spiro atoms. The Labute approximate surface area is 255 Å². The molecule has 0 heterocycles. The normalized spacial score (nSPS) is 11.6. The highest BCUT2D eigenvalue weighted by atomic mass is 16.5. The summed E-state index contributed by atoms with van der Waals surface area (Å²) < 4.78 is 11.2. The third-order valence-corrected chi connectivity index (χ3v) is 7.27. The predicted octanol–water partition coefficient (Wildman–Crippen LogP) is 7.35. The molecule has 0 aromatic heterocycles. The molecule has 1 atom stereocenters. The van der Waals surface area contributed by atoms with Crippen LogP contribution in [0.5, 0.6) is 5.75 Å². The lowest BCUT2D eigenvalue weighted by atomic mass is 10.00. The number of para-hydroxylation sites is 2. The van der Waals surface area contributed by atoms with Gasteiger partial charge in [-0.2, -0.15) is 0 Å². The minimum Gasteiger partial charge on any atom is -0.494 e. The maximum Gasteiger partial charge on any atom is 0.328 e. The summed E-state index contributed by atoms with van der Waals surface area (Å²) in [5.41, 5.74) is 5.19. The number of ether oxygens (including phenoxy) is 2. The molecule has 0 aliphatic rings. The van der Waals surface area contributed by atoms with Crippen molar-refractivity contribution in [2.45, 2.75) is 39.7 Å². The number of nitrogens with zero attached hydrogens (tertiary/aromatic N) is 1. The van der Waals surface area contributed by atoms with Crippen LogP contribution in [0.25, 0.3) is 0 Å². The van der Waals surface area contributed by atoms with Gasteiger partial charge in [0.25, 0.3) is 0 Å². The number of hydrogen-bond acceptors (Lipinski definition) is 6. The first-order valence-corrected chi connectivity index (χ1v) is 14.9. The highest BCUT2D eigenvalue weighted by Crippen LogP contribution is 2.23. The van der Waals surface area contributed by atoms with Crippen LogP contribution in [-0.4, -0.2) is 44.6 Å². The second-order valence-electron chi connectivity index (χ2n) is 11.1. The third-order valence-electron chi connectivity index (χ3n) is 7.27. The second kappa shape index (κ2) is 15.6. The number of hydrogen-bond donors (Lipinski definition) is 1. The quantitative estimate of drug-likeness (QED) is 0.0904. The van der Waals surface area contributed by atoms with Crippen molar-refractivity contribution in [3.63, 3.8) is 0 Å². The van der Waals surface area contributed by atoms with Crippen molar-refractivity contribution in [3.05, 3.63) is 125 Å². The number of benzene rings is 4. The summed E-state index contributed by atoms with van der Waals surface area (Å²) in [5, 5.41) is 3.26. The fraction of sp³-hybridized carbons (Fsp3) is 0.297. The van der Waals surface area contributed by atoms with Crippen molar-refractivity contribution in [1.82, 2.24) is 0 Å². The summed E-state index contributed by atoms with van der Waals surface area (Å²) in [6.45, 7) is 9.17. The van der Waals surface area contributed by atoms with Gasteiger partial charge in [0, 0.05) is 42.0 Å². The van der Waals surface area contributed by atoms with E-state index in [2.05, 4.69) is 55.3 Å². The van der Waals surface area contributed by atoms with E-state index in [-0.39, 0.29) is 5.78 Å². The number of anilines is 2. The maximum atomic E-state index is 13.2. The minimum atomic E-state index is -0.671. The van der Waals surface area contributed by atoms with Crippen LogP contribution in [0.1, 0.15) is 47.3 Å². The fourth-order valence-corrected chi connectivity index (χ4v) is 5.15. The van der Waals surface area contributed by atoms with Gasteiger partial charge in [-0.3, -0.25) is 4.79 Å². The Morgan fingerprint density at radius 1 is 0.837 bits per heavy atom. The molecular weight excluding hydrogens is 536 g/mol. The van der Waals surface area contributed by atoms with E-state index in [1.807, 2.05) is 60.7 Å². The zero-order valence-electron chi connectivity index (χ0n) is 25.6. The van der Waals surface area contributed by atoms with Crippen molar-refractivity contribution in [3.8, 4) is 5.75 Å². The number of rotatable bonds is 15. The van der Waals surface area contributed by atoms with E-state index in [0.717, 1.165) is 30.8 Å². The van der Waals surface area contributed by atoms with E-state index in [9.17, 15) is 9.59 Å². The number of aryl methyl sites for hydroxylation is 1.